The molecule has 0 radical (unpaired) electrons. The first-order valence-corrected chi connectivity index (χ1v) is 8.48. The van der Waals surface area contributed by atoms with E-state index in [0.717, 1.165) is 41.2 Å². The molecule has 1 amide bonds. The van der Waals surface area contributed by atoms with E-state index >= 15 is 0 Å². The van der Waals surface area contributed by atoms with Crippen LogP contribution in [0.4, 0.5) is 0 Å². The molecule has 1 unspecified atom stereocenters. The van der Waals surface area contributed by atoms with Crippen molar-refractivity contribution in [3.8, 4) is 0 Å². The number of para-hydroxylation sites is 1. The maximum atomic E-state index is 12.7. The highest BCUT2D eigenvalue weighted by atomic mass is 16.2. The van der Waals surface area contributed by atoms with Crippen LogP contribution in [0.2, 0.25) is 0 Å². The van der Waals surface area contributed by atoms with Crippen molar-refractivity contribution in [3.63, 3.8) is 0 Å². The van der Waals surface area contributed by atoms with Gasteiger partial charge in [0, 0.05) is 30.4 Å². The summed E-state index contributed by atoms with van der Waals surface area (Å²) in [6, 6.07) is 9.64. The highest BCUT2D eigenvalue weighted by Gasteiger charge is 2.29. The number of rotatable bonds is 3. The number of benzene rings is 1. The van der Waals surface area contributed by atoms with E-state index in [9.17, 15) is 4.79 Å². The van der Waals surface area contributed by atoms with Gasteiger partial charge in [-0.15, -0.1) is 5.10 Å². The Morgan fingerprint density at radius 3 is 2.76 bits per heavy atom. The Balaban J connectivity index is 1.47. The van der Waals surface area contributed by atoms with Gasteiger partial charge in [0.25, 0.3) is 0 Å². The van der Waals surface area contributed by atoms with Crippen molar-refractivity contribution in [1.29, 1.82) is 0 Å². The Bertz CT molecular complexity index is 914. The van der Waals surface area contributed by atoms with Gasteiger partial charge in [-0.05, 0) is 38.5 Å². The van der Waals surface area contributed by atoms with E-state index in [1.165, 1.54) is 0 Å². The van der Waals surface area contributed by atoms with E-state index in [0.29, 0.717) is 6.54 Å². The lowest BCUT2D eigenvalue weighted by Crippen LogP contribution is -2.32. The molecule has 7 heteroatoms. The summed E-state index contributed by atoms with van der Waals surface area (Å²) in [4.78, 5) is 23.6. The summed E-state index contributed by atoms with van der Waals surface area (Å²) in [6.07, 6.45) is 0.896. The number of fused-ring (bicyclic) bond motifs is 1. The van der Waals surface area contributed by atoms with Crippen LogP contribution < -0.4 is 0 Å². The van der Waals surface area contributed by atoms with Gasteiger partial charge in [0.1, 0.15) is 17.9 Å². The minimum atomic E-state index is 0.0579. The van der Waals surface area contributed by atoms with Crippen LogP contribution >= 0.6 is 0 Å². The van der Waals surface area contributed by atoms with E-state index in [-0.39, 0.29) is 18.4 Å². The molecule has 1 aliphatic heterocycles. The Labute approximate surface area is 145 Å². The molecule has 25 heavy (non-hydrogen) atoms. The van der Waals surface area contributed by atoms with Crippen molar-refractivity contribution in [3.05, 3.63) is 47.5 Å². The second-order valence-corrected chi connectivity index (χ2v) is 6.57. The van der Waals surface area contributed by atoms with Gasteiger partial charge >= 0.3 is 0 Å². The molecule has 1 fully saturated rings. The van der Waals surface area contributed by atoms with E-state index in [1.54, 1.807) is 4.68 Å². The molecule has 1 aliphatic rings. The Hall–Kier alpha value is -2.83. The lowest BCUT2D eigenvalue weighted by atomic mass is 10.1. The molecule has 0 saturated carbocycles. The van der Waals surface area contributed by atoms with Gasteiger partial charge in [0.15, 0.2) is 0 Å². The van der Waals surface area contributed by atoms with Crippen LogP contribution in [0.5, 0.6) is 0 Å². The number of hydrogen-bond acceptors (Lipinski definition) is 5. The molecule has 1 aromatic carbocycles. The predicted molar refractivity (Wildman–Crippen MR) is 93.0 cm³/mol. The van der Waals surface area contributed by atoms with Crippen molar-refractivity contribution in [2.75, 3.05) is 13.1 Å². The zero-order valence-corrected chi connectivity index (χ0v) is 14.4. The first-order valence-electron chi connectivity index (χ1n) is 8.48. The molecule has 1 atom stereocenters. The van der Waals surface area contributed by atoms with Crippen molar-refractivity contribution in [2.24, 2.45) is 0 Å². The molecule has 2 aromatic heterocycles. The zero-order valence-electron chi connectivity index (χ0n) is 14.4. The van der Waals surface area contributed by atoms with Crippen LogP contribution in [0.3, 0.4) is 0 Å². The van der Waals surface area contributed by atoms with Gasteiger partial charge in [-0.3, -0.25) is 4.79 Å². The lowest BCUT2D eigenvalue weighted by molar-refractivity contribution is -0.130. The van der Waals surface area contributed by atoms with Gasteiger partial charge in [0.2, 0.25) is 5.91 Å². The summed E-state index contributed by atoms with van der Waals surface area (Å²) in [7, 11) is 0. The molecule has 0 aliphatic carbocycles. The second-order valence-electron chi connectivity index (χ2n) is 6.57. The standard InChI is InChI=1S/C18H20N6O/c1-12-9-13(2)20-18(19-12)14-7-8-23(10-14)17(25)11-24-16-6-4-3-5-15(16)21-22-24/h3-6,9,14H,7-8,10-11H2,1-2H3. The Morgan fingerprint density at radius 2 is 1.96 bits per heavy atom. The predicted octanol–water partition coefficient (Wildman–Crippen LogP) is 1.85. The van der Waals surface area contributed by atoms with E-state index in [1.807, 2.05) is 49.1 Å². The number of aromatic nitrogens is 5. The number of likely N-dealkylation sites (tertiary alicyclic amines) is 1. The highest BCUT2D eigenvalue weighted by Crippen LogP contribution is 2.25. The minimum Gasteiger partial charge on any atom is -0.340 e. The summed E-state index contributed by atoms with van der Waals surface area (Å²) in [5.41, 5.74) is 3.63. The van der Waals surface area contributed by atoms with Crippen molar-refractivity contribution >= 4 is 16.9 Å². The smallest absolute Gasteiger partial charge is 0.244 e. The number of nitrogens with zero attached hydrogens (tertiary/aromatic N) is 6. The minimum absolute atomic E-state index is 0.0579. The third kappa shape index (κ3) is 3.09. The molecule has 0 spiro atoms. The second kappa shape index (κ2) is 6.23. The van der Waals surface area contributed by atoms with Crippen molar-refractivity contribution in [1.82, 2.24) is 29.9 Å². The lowest BCUT2D eigenvalue weighted by Gasteiger charge is -2.16. The summed E-state index contributed by atoms with van der Waals surface area (Å²) in [5, 5.41) is 8.20. The first-order chi connectivity index (χ1) is 12.1. The summed E-state index contributed by atoms with van der Waals surface area (Å²) in [6.45, 7) is 5.56. The maximum Gasteiger partial charge on any atom is 0.244 e. The highest BCUT2D eigenvalue weighted by molar-refractivity contribution is 5.80. The fourth-order valence-electron chi connectivity index (χ4n) is 3.40. The molecular formula is C18H20N6O. The van der Waals surface area contributed by atoms with Crippen LogP contribution in [-0.4, -0.2) is 48.9 Å². The fraction of sp³-hybridized carbons (Fsp3) is 0.389. The summed E-state index contributed by atoms with van der Waals surface area (Å²) < 4.78 is 1.66. The molecule has 7 nitrogen and oxygen atoms in total. The molecule has 1 saturated heterocycles. The van der Waals surface area contributed by atoms with E-state index in [2.05, 4.69) is 20.3 Å². The molecule has 3 heterocycles. The first kappa shape index (κ1) is 15.7. The van der Waals surface area contributed by atoms with Crippen molar-refractivity contribution in [2.45, 2.75) is 32.7 Å². The van der Waals surface area contributed by atoms with E-state index in [4.69, 9.17) is 0 Å². The van der Waals surface area contributed by atoms with Crippen LogP contribution in [0.25, 0.3) is 11.0 Å². The summed E-state index contributed by atoms with van der Waals surface area (Å²) in [5.74, 6) is 1.11. The molecule has 0 N–H and O–H groups in total. The SMILES string of the molecule is Cc1cc(C)nc(C2CCN(C(=O)Cn3nnc4ccccc43)C2)n1. The average molecular weight is 336 g/mol. The average Bonchev–Trinajstić information content (AvgIpc) is 3.22. The fourth-order valence-corrected chi connectivity index (χ4v) is 3.40. The Morgan fingerprint density at radius 1 is 1.20 bits per heavy atom. The largest absolute Gasteiger partial charge is 0.340 e. The normalized spacial score (nSPS) is 17.4. The van der Waals surface area contributed by atoms with E-state index < -0.39 is 0 Å². The number of aryl methyl sites for hydroxylation is 2. The Kier molecular flexibility index (Phi) is 3.91. The van der Waals surface area contributed by atoms with Gasteiger partial charge in [-0.2, -0.15) is 0 Å². The monoisotopic (exact) mass is 336 g/mol. The molecule has 4 rings (SSSR count). The van der Waals surface area contributed by atoms with Crippen LogP contribution in [0.15, 0.2) is 30.3 Å². The topological polar surface area (TPSA) is 76.8 Å². The van der Waals surface area contributed by atoms with Gasteiger partial charge < -0.3 is 4.90 Å². The maximum absolute atomic E-state index is 12.7. The van der Waals surface area contributed by atoms with Gasteiger partial charge in [0.05, 0.1) is 5.52 Å². The number of amides is 1. The van der Waals surface area contributed by atoms with Gasteiger partial charge in [-0.1, -0.05) is 17.3 Å². The molecular weight excluding hydrogens is 316 g/mol. The summed E-state index contributed by atoms with van der Waals surface area (Å²) >= 11 is 0. The molecule has 0 bridgehead atoms. The zero-order chi connectivity index (χ0) is 17.4. The van der Waals surface area contributed by atoms with Crippen LogP contribution in [0, 0.1) is 13.8 Å². The molecule has 128 valence electrons. The third-order valence-corrected chi connectivity index (χ3v) is 4.61. The third-order valence-electron chi connectivity index (χ3n) is 4.61. The van der Waals surface area contributed by atoms with Crippen molar-refractivity contribution < 1.29 is 4.79 Å². The van der Waals surface area contributed by atoms with Gasteiger partial charge in [-0.25, -0.2) is 14.6 Å². The van der Waals surface area contributed by atoms with Crippen LogP contribution in [-0.2, 0) is 11.3 Å². The van der Waals surface area contributed by atoms with Crippen LogP contribution in [0.1, 0.15) is 29.6 Å². The number of carbonyl (C=O) groups excluding carboxylic acids is 1. The molecule has 3 aromatic rings. The quantitative estimate of drug-likeness (QED) is 0.729. The number of carbonyl (C=O) groups is 1. The number of hydrogen-bond donors (Lipinski definition) is 0.